The van der Waals surface area contributed by atoms with Gasteiger partial charge in [0.05, 0.1) is 14.2 Å². The predicted molar refractivity (Wildman–Crippen MR) is 103 cm³/mol. The van der Waals surface area contributed by atoms with Gasteiger partial charge in [0.15, 0.2) is 0 Å². The van der Waals surface area contributed by atoms with Crippen LogP contribution in [-0.4, -0.2) is 38.6 Å². The molecule has 1 N–H and O–H groups in total. The van der Waals surface area contributed by atoms with Crippen molar-refractivity contribution >= 4 is 17.5 Å². The molecule has 6 heteroatoms. The fraction of sp³-hybridized carbons (Fsp3) is 0.333. The Bertz CT molecular complexity index is 850. The van der Waals surface area contributed by atoms with E-state index in [0.29, 0.717) is 19.4 Å². The summed E-state index contributed by atoms with van der Waals surface area (Å²) in [5.74, 6) is 1.22. The summed E-state index contributed by atoms with van der Waals surface area (Å²) in [6, 6.07) is 12.7. The molecule has 2 amide bonds. The number of nitrogens with zero attached hydrogens (tertiary/aromatic N) is 1. The molecule has 0 aliphatic carbocycles. The Balaban J connectivity index is 1.66. The van der Waals surface area contributed by atoms with Crippen LogP contribution in [0.3, 0.4) is 0 Å². The first-order valence-electron chi connectivity index (χ1n) is 8.91. The first-order chi connectivity index (χ1) is 13.0. The second-order valence-electron chi connectivity index (χ2n) is 6.46. The van der Waals surface area contributed by atoms with Crippen LogP contribution >= 0.6 is 0 Å². The molecule has 3 rings (SSSR count). The third-order valence-electron chi connectivity index (χ3n) is 4.80. The van der Waals surface area contributed by atoms with Gasteiger partial charge in [-0.3, -0.25) is 14.5 Å². The maximum Gasteiger partial charge on any atom is 0.243 e. The van der Waals surface area contributed by atoms with E-state index in [4.69, 9.17) is 9.47 Å². The number of amides is 2. The van der Waals surface area contributed by atoms with Crippen LogP contribution in [0.1, 0.15) is 18.1 Å². The van der Waals surface area contributed by atoms with Gasteiger partial charge >= 0.3 is 0 Å². The Morgan fingerprint density at radius 2 is 1.93 bits per heavy atom. The number of nitrogens with one attached hydrogen (secondary N) is 1. The number of rotatable bonds is 6. The fourth-order valence-corrected chi connectivity index (χ4v) is 3.50. The van der Waals surface area contributed by atoms with Gasteiger partial charge in [0.25, 0.3) is 0 Å². The molecule has 0 fully saturated rings. The number of methoxy groups -OCH3 is 2. The largest absolute Gasteiger partial charge is 0.497 e. The first kappa shape index (κ1) is 18.8. The molecule has 1 aliphatic heterocycles. The van der Waals surface area contributed by atoms with Crippen molar-refractivity contribution in [2.24, 2.45) is 0 Å². The lowest BCUT2D eigenvalue weighted by Gasteiger charge is -2.23. The normalized spacial score (nSPS) is 15.2. The molecule has 1 atom stereocenters. The highest BCUT2D eigenvalue weighted by Gasteiger charge is 2.36. The van der Waals surface area contributed by atoms with Gasteiger partial charge in [-0.25, -0.2) is 0 Å². The Morgan fingerprint density at radius 1 is 1.15 bits per heavy atom. The zero-order valence-corrected chi connectivity index (χ0v) is 15.8. The number of carbonyl (C=O) groups excluding carboxylic acids is 2. The summed E-state index contributed by atoms with van der Waals surface area (Å²) in [4.78, 5) is 26.4. The number of ether oxygens (including phenoxy) is 2. The second-order valence-corrected chi connectivity index (χ2v) is 6.46. The lowest BCUT2D eigenvalue weighted by Crippen LogP contribution is -2.47. The summed E-state index contributed by atoms with van der Waals surface area (Å²) < 4.78 is 10.6. The van der Waals surface area contributed by atoms with Gasteiger partial charge in [0.2, 0.25) is 11.8 Å². The maximum absolute atomic E-state index is 12.7. The molecule has 0 saturated heterocycles. The number of hydrogen-bond donors (Lipinski definition) is 1. The molecule has 0 aromatic heterocycles. The molecule has 0 bridgehead atoms. The minimum absolute atomic E-state index is 0.130. The van der Waals surface area contributed by atoms with Gasteiger partial charge < -0.3 is 14.8 Å². The number of anilines is 1. The van der Waals surface area contributed by atoms with Gasteiger partial charge in [0, 0.05) is 25.6 Å². The molecule has 0 saturated carbocycles. The monoisotopic (exact) mass is 368 g/mol. The van der Waals surface area contributed by atoms with Crippen LogP contribution in [0.5, 0.6) is 11.5 Å². The van der Waals surface area contributed by atoms with Gasteiger partial charge in [-0.1, -0.05) is 18.2 Å². The topological polar surface area (TPSA) is 67.9 Å². The molecule has 6 nitrogen and oxygen atoms in total. The number of para-hydroxylation sites is 1. The number of fused-ring (bicyclic) bond motifs is 1. The molecule has 1 aliphatic rings. The Morgan fingerprint density at radius 3 is 2.63 bits per heavy atom. The SMILES string of the molecule is COc1ccc(OC)c(CCNC(=O)[C@@H]2Cc3ccccc3N2C(C)=O)c1. The second kappa shape index (κ2) is 8.12. The van der Waals surface area contributed by atoms with Gasteiger partial charge in [0.1, 0.15) is 17.5 Å². The first-order valence-corrected chi connectivity index (χ1v) is 8.91. The van der Waals surface area contributed by atoms with Crippen molar-refractivity contribution < 1.29 is 19.1 Å². The molecular weight excluding hydrogens is 344 g/mol. The summed E-state index contributed by atoms with van der Waals surface area (Å²) in [5.41, 5.74) is 2.79. The summed E-state index contributed by atoms with van der Waals surface area (Å²) in [6.07, 6.45) is 1.13. The third kappa shape index (κ3) is 3.89. The standard InChI is InChI=1S/C21H24N2O4/c1-14(24)23-18-7-5-4-6-15(18)13-19(23)21(25)22-11-10-16-12-17(26-2)8-9-20(16)27-3/h4-9,12,19H,10-11,13H2,1-3H3,(H,22,25)/t19-/m0/s1. The van der Waals surface area contributed by atoms with Crippen LogP contribution in [0.15, 0.2) is 42.5 Å². The van der Waals surface area contributed by atoms with Crippen LogP contribution in [0.2, 0.25) is 0 Å². The Labute approximate surface area is 159 Å². The average molecular weight is 368 g/mol. The van der Waals surface area contributed by atoms with E-state index < -0.39 is 6.04 Å². The molecule has 2 aromatic carbocycles. The quantitative estimate of drug-likeness (QED) is 0.850. The van der Waals surface area contributed by atoms with Crippen molar-refractivity contribution in [3.8, 4) is 11.5 Å². The van der Waals surface area contributed by atoms with Crippen molar-refractivity contribution in [3.05, 3.63) is 53.6 Å². The highest BCUT2D eigenvalue weighted by molar-refractivity contribution is 6.02. The summed E-state index contributed by atoms with van der Waals surface area (Å²) in [6.45, 7) is 1.93. The lowest BCUT2D eigenvalue weighted by atomic mass is 10.1. The molecule has 0 radical (unpaired) electrons. The molecule has 142 valence electrons. The number of hydrogen-bond acceptors (Lipinski definition) is 4. The van der Waals surface area contributed by atoms with E-state index in [9.17, 15) is 9.59 Å². The van der Waals surface area contributed by atoms with Crippen molar-refractivity contribution in [3.63, 3.8) is 0 Å². The van der Waals surface area contributed by atoms with Crippen LogP contribution in [0, 0.1) is 0 Å². The van der Waals surface area contributed by atoms with Crippen molar-refractivity contribution in [1.82, 2.24) is 5.32 Å². The van der Waals surface area contributed by atoms with Crippen LogP contribution in [0.4, 0.5) is 5.69 Å². The zero-order valence-electron chi connectivity index (χ0n) is 15.8. The number of carbonyl (C=O) groups is 2. The van der Waals surface area contributed by atoms with Gasteiger partial charge in [-0.2, -0.15) is 0 Å². The molecule has 0 spiro atoms. The van der Waals surface area contributed by atoms with Crippen LogP contribution < -0.4 is 19.7 Å². The molecule has 1 heterocycles. The van der Waals surface area contributed by atoms with E-state index in [-0.39, 0.29) is 11.8 Å². The van der Waals surface area contributed by atoms with Gasteiger partial charge in [-0.05, 0) is 41.8 Å². The van der Waals surface area contributed by atoms with E-state index in [1.807, 2.05) is 42.5 Å². The van der Waals surface area contributed by atoms with Crippen molar-refractivity contribution in [2.45, 2.75) is 25.8 Å². The minimum Gasteiger partial charge on any atom is -0.497 e. The Kier molecular flexibility index (Phi) is 5.64. The maximum atomic E-state index is 12.7. The summed E-state index contributed by atoms with van der Waals surface area (Å²) in [5, 5.41) is 2.95. The molecule has 2 aromatic rings. The summed E-state index contributed by atoms with van der Waals surface area (Å²) in [7, 11) is 3.23. The average Bonchev–Trinajstić information content (AvgIpc) is 3.07. The van der Waals surface area contributed by atoms with E-state index in [0.717, 1.165) is 28.3 Å². The van der Waals surface area contributed by atoms with Crippen molar-refractivity contribution in [1.29, 1.82) is 0 Å². The fourth-order valence-electron chi connectivity index (χ4n) is 3.50. The zero-order chi connectivity index (χ0) is 19.4. The lowest BCUT2D eigenvalue weighted by molar-refractivity contribution is -0.125. The number of benzene rings is 2. The highest BCUT2D eigenvalue weighted by atomic mass is 16.5. The summed E-state index contributed by atoms with van der Waals surface area (Å²) >= 11 is 0. The molecule has 27 heavy (non-hydrogen) atoms. The highest BCUT2D eigenvalue weighted by Crippen LogP contribution is 2.32. The van der Waals surface area contributed by atoms with E-state index in [1.54, 1.807) is 19.1 Å². The van der Waals surface area contributed by atoms with Crippen molar-refractivity contribution in [2.75, 3.05) is 25.7 Å². The molecular formula is C21H24N2O4. The Hall–Kier alpha value is -3.02. The minimum atomic E-state index is -0.507. The van der Waals surface area contributed by atoms with Crippen LogP contribution in [-0.2, 0) is 22.4 Å². The van der Waals surface area contributed by atoms with E-state index in [2.05, 4.69) is 5.32 Å². The molecule has 0 unspecified atom stereocenters. The van der Waals surface area contributed by atoms with E-state index >= 15 is 0 Å². The van der Waals surface area contributed by atoms with Crippen LogP contribution in [0.25, 0.3) is 0 Å². The third-order valence-corrected chi connectivity index (χ3v) is 4.80. The van der Waals surface area contributed by atoms with E-state index in [1.165, 1.54) is 6.92 Å². The smallest absolute Gasteiger partial charge is 0.243 e. The van der Waals surface area contributed by atoms with Gasteiger partial charge in [-0.15, -0.1) is 0 Å². The predicted octanol–water partition coefficient (Wildman–Crippen LogP) is 2.34.